The molecule has 0 bridgehead atoms. The van der Waals surface area contributed by atoms with E-state index in [0.717, 1.165) is 44.2 Å². The quantitative estimate of drug-likeness (QED) is 0.598. The zero-order valence-corrected chi connectivity index (χ0v) is 17.6. The molecule has 3 amide bonds. The average molecular weight is 428 g/mol. The van der Waals surface area contributed by atoms with Crippen LogP contribution in [0.3, 0.4) is 0 Å². The van der Waals surface area contributed by atoms with Crippen molar-refractivity contribution in [1.82, 2.24) is 10.2 Å². The predicted octanol–water partition coefficient (Wildman–Crippen LogP) is 2.90. The summed E-state index contributed by atoms with van der Waals surface area (Å²) in [5.74, 6) is 0.779. The number of nitrogens with one attached hydrogen (secondary N) is 3. The molecular weight excluding hydrogens is 400 g/mol. The van der Waals surface area contributed by atoms with Crippen molar-refractivity contribution in [2.45, 2.75) is 6.54 Å². The van der Waals surface area contributed by atoms with Gasteiger partial charge in [0.15, 0.2) is 0 Å². The number of urea groups is 1. The Morgan fingerprint density at radius 1 is 1.03 bits per heavy atom. The molecule has 3 rings (SSSR count). The minimum absolute atomic E-state index is 0.327. The van der Waals surface area contributed by atoms with Crippen LogP contribution in [0.15, 0.2) is 48.5 Å². The number of methoxy groups -OCH3 is 1. The molecular formula is C22H28N4O5. The van der Waals surface area contributed by atoms with Crippen LogP contribution < -0.4 is 20.7 Å². The number of ether oxygens (including phenoxy) is 3. The van der Waals surface area contributed by atoms with Crippen LogP contribution in [0.4, 0.5) is 21.0 Å². The van der Waals surface area contributed by atoms with Crippen molar-refractivity contribution >= 4 is 23.5 Å². The molecule has 9 nitrogen and oxygen atoms in total. The van der Waals surface area contributed by atoms with Crippen LogP contribution in [0.5, 0.6) is 5.75 Å². The van der Waals surface area contributed by atoms with E-state index in [9.17, 15) is 9.59 Å². The van der Waals surface area contributed by atoms with Gasteiger partial charge in [0.1, 0.15) is 12.4 Å². The van der Waals surface area contributed by atoms with Crippen molar-refractivity contribution in [3.8, 4) is 5.75 Å². The van der Waals surface area contributed by atoms with Gasteiger partial charge in [0, 0.05) is 37.6 Å². The lowest BCUT2D eigenvalue weighted by molar-refractivity contribution is 0.0322. The Labute approximate surface area is 181 Å². The molecule has 0 radical (unpaired) electrons. The van der Waals surface area contributed by atoms with Gasteiger partial charge < -0.3 is 24.8 Å². The normalized spacial score (nSPS) is 13.8. The molecule has 1 aliphatic rings. The van der Waals surface area contributed by atoms with Crippen LogP contribution in [-0.4, -0.2) is 63.6 Å². The number of morpholine rings is 1. The standard InChI is InChI=1S/C22H28N4O5/c1-29-22(28)25-19-7-5-18(6-8-19)24-21(27)23-16-17-3-2-4-20(15-17)31-14-11-26-9-12-30-13-10-26/h2-8,15H,9-14,16H2,1H3,(H,25,28)(H2,23,24,27). The van der Waals surface area contributed by atoms with Gasteiger partial charge in [0.2, 0.25) is 0 Å². The van der Waals surface area contributed by atoms with Gasteiger partial charge in [0.05, 0.1) is 20.3 Å². The molecule has 0 unspecified atom stereocenters. The highest BCUT2D eigenvalue weighted by Gasteiger charge is 2.10. The fourth-order valence-corrected chi connectivity index (χ4v) is 3.03. The van der Waals surface area contributed by atoms with E-state index in [2.05, 4.69) is 25.6 Å². The number of carbonyl (C=O) groups is 2. The van der Waals surface area contributed by atoms with Gasteiger partial charge in [-0.15, -0.1) is 0 Å². The van der Waals surface area contributed by atoms with Crippen molar-refractivity contribution in [2.75, 3.05) is 57.2 Å². The van der Waals surface area contributed by atoms with Crippen LogP contribution in [-0.2, 0) is 16.0 Å². The third-order valence-corrected chi connectivity index (χ3v) is 4.71. The average Bonchev–Trinajstić information content (AvgIpc) is 2.80. The summed E-state index contributed by atoms with van der Waals surface area (Å²) < 4.78 is 15.7. The fraction of sp³-hybridized carbons (Fsp3) is 0.364. The molecule has 0 spiro atoms. The van der Waals surface area contributed by atoms with Gasteiger partial charge in [-0.1, -0.05) is 12.1 Å². The molecule has 3 N–H and O–H groups in total. The second-order valence-corrected chi connectivity index (χ2v) is 6.95. The number of carbonyl (C=O) groups excluding carboxylic acids is 2. The summed E-state index contributed by atoms with van der Waals surface area (Å²) in [5.41, 5.74) is 2.12. The topological polar surface area (TPSA) is 101 Å². The third-order valence-electron chi connectivity index (χ3n) is 4.71. The molecule has 31 heavy (non-hydrogen) atoms. The second kappa shape index (κ2) is 11.8. The predicted molar refractivity (Wildman–Crippen MR) is 118 cm³/mol. The summed E-state index contributed by atoms with van der Waals surface area (Å²) in [6.07, 6.45) is -0.550. The summed E-state index contributed by atoms with van der Waals surface area (Å²) in [7, 11) is 1.29. The summed E-state index contributed by atoms with van der Waals surface area (Å²) in [6, 6.07) is 14.1. The second-order valence-electron chi connectivity index (χ2n) is 6.95. The first kappa shape index (κ1) is 22.4. The van der Waals surface area contributed by atoms with Crippen LogP contribution in [0.25, 0.3) is 0 Å². The number of benzene rings is 2. The van der Waals surface area contributed by atoms with Crippen molar-refractivity contribution in [1.29, 1.82) is 0 Å². The highest BCUT2D eigenvalue weighted by Crippen LogP contribution is 2.15. The smallest absolute Gasteiger partial charge is 0.411 e. The lowest BCUT2D eigenvalue weighted by atomic mass is 10.2. The summed E-state index contributed by atoms with van der Waals surface area (Å²) >= 11 is 0. The monoisotopic (exact) mass is 428 g/mol. The van der Waals surface area contributed by atoms with Gasteiger partial charge in [0.25, 0.3) is 0 Å². The Bertz CT molecular complexity index is 853. The Morgan fingerprint density at radius 2 is 1.74 bits per heavy atom. The Morgan fingerprint density at radius 3 is 2.45 bits per heavy atom. The summed E-state index contributed by atoms with van der Waals surface area (Å²) in [5, 5.41) is 8.12. The van der Waals surface area contributed by atoms with Gasteiger partial charge >= 0.3 is 12.1 Å². The number of hydrogen-bond donors (Lipinski definition) is 3. The summed E-state index contributed by atoms with van der Waals surface area (Å²) in [6.45, 7) is 5.27. The van der Waals surface area contributed by atoms with E-state index in [1.165, 1.54) is 7.11 Å². The molecule has 2 aromatic carbocycles. The van der Waals surface area contributed by atoms with E-state index in [4.69, 9.17) is 9.47 Å². The first-order valence-corrected chi connectivity index (χ1v) is 10.1. The van der Waals surface area contributed by atoms with E-state index < -0.39 is 6.09 Å². The van der Waals surface area contributed by atoms with Gasteiger partial charge in [-0.3, -0.25) is 10.2 Å². The lowest BCUT2D eigenvalue weighted by Crippen LogP contribution is -2.38. The number of nitrogens with zero attached hydrogens (tertiary/aromatic N) is 1. The van der Waals surface area contributed by atoms with Crippen molar-refractivity contribution in [3.05, 3.63) is 54.1 Å². The van der Waals surface area contributed by atoms with E-state index in [0.29, 0.717) is 24.5 Å². The van der Waals surface area contributed by atoms with Crippen molar-refractivity contribution in [3.63, 3.8) is 0 Å². The molecule has 1 heterocycles. The largest absolute Gasteiger partial charge is 0.492 e. The number of amides is 3. The number of rotatable bonds is 8. The van der Waals surface area contributed by atoms with Gasteiger partial charge in [-0.2, -0.15) is 0 Å². The Kier molecular flexibility index (Phi) is 8.50. The summed E-state index contributed by atoms with van der Waals surface area (Å²) in [4.78, 5) is 25.7. The molecule has 0 aromatic heterocycles. The molecule has 9 heteroatoms. The lowest BCUT2D eigenvalue weighted by Gasteiger charge is -2.26. The number of hydrogen-bond acceptors (Lipinski definition) is 6. The van der Waals surface area contributed by atoms with E-state index in [1.807, 2.05) is 24.3 Å². The molecule has 1 fully saturated rings. The van der Waals surface area contributed by atoms with Crippen molar-refractivity contribution < 1.29 is 23.8 Å². The van der Waals surface area contributed by atoms with E-state index >= 15 is 0 Å². The molecule has 1 saturated heterocycles. The molecule has 0 atom stereocenters. The van der Waals surface area contributed by atoms with Crippen molar-refractivity contribution in [2.24, 2.45) is 0 Å². The maximum Gasteiger partial charge on any atom is 0.411 e. The third kappa shape index (κ3) is 7.80. The Hall–Kier alpha value is -3.30. The maximum absolute atomic E-state index is 12.2. The maximum atomic E-state index is 12.2. The van der Waals surface area contributed by atoms with Crippen LogP contribution in [0, 0.1) is 0 Å². The molecule has 166 valence electrons. The highest BCUT2D eigenvalue weighted by atomic mass is 16.5. The molecule has 0 aliphatic carbocycles. The van der Waals surface area contributed by atoms with Crippen LogP contribution >= 0.6 is 0 Å². The minimum Gasteiger partial charge on any atom is -0.492 e. The minimum atomic E-state index is -0.550. The zero-order valence-electron chi connectivity index (χ0n) is 17.6. The first-order chi connectivity index (χ1) is 15.1. The molecule has 0 saturated carbocycles. The Balaban J connectivity index is 1.40. The van der Waals surface area contributed by atoms with Crippen LogP contribution in [0.2, 0.25) is 0 Å². The first-order valence-electron chi connectivity index (χ1n) is 10.1. The van der Waals surface area contributed by atoms with Gasteiger partial charge in [-0.05, 0) is 42.0 Å². The van der Waals surface area contributed by atoms with Crippen LogP contribution in [0.1, 0.15) is 5.56 Å². The van der Waals surface area contributed by atoms with E-state index in [1.54, 1.807) is 24.3 Å². The molecule has 2 aromatic rings. The SMILES string of the molecule is COC(=O)Nc1ccc(NC(=O)NCc2cccc(OCCN3CCOCC3)c2)cc1. The fourth-order valence-electron chi connectivity index (χ4n) is 3.03. The zero-order chi connectivity index (χ0) is 21.9. The van der Waals surface area contributed by atoms with E-state index in [-0.39, 0.29) is 6.03 Å². The molecule has 1 aliphatic heterocycles. The number of anilines is 2. The highest BCUT2D eigenvalue weighted by molar-refractivity contribution is 5.90. The van der Waals surface area contributed by atoms with Gasteiger partial charge in [-0.25, -0.2) is 9.59 Å².